The molecule has 0 spiro atoms. The number of hydrogen-bond acceptors (Lipinski definition) is 7. The van der Waals surface area contributed by atoms with Crippen molar-refractivity contribution in [2.75, 3.05) is 26.2 Å². The average Bonchev–Trinajstić information content (AvgIpc) is 2.29. The molecule has 0 saturated carbocycles. The van der Waals surface area contributed by atoms with Gasteiger partial charge in [-0.15, -0.1) is 0 Å². The SMILES string of the molecule is C=CC(=O)C1CNCCO1.NCC(O)(O)O. The highest BCUT2D eigenvalue weighted by Gasteiger charge is 2.18. The average molecular weight is 234 g/mol. The zero-order chi connectivity index (χ0) is 12.6. The van der Waals surface area contributed by atoms with Crippen molar-refractivity contribution in [3.63, 3.8) is 0 Å². The first-order valence-corrected chi connectivity index (χ1v) is 4.76. The van der Waals surface area contributed by atoms with Crippen LogP contribution in [0.2, 0.25) is 0 Å². The molecule has 1 heterocycles. The third-order valence-corrected chi connectivity index (χ3v) is 1.72. The van der Waals surface area contributed by atoms with E-state index in [0.717, 1.165) is 6.54 Å². The van der Waals surface area contributed by atoms with Gasteiger partial charge in [0.2, 0.25) is 0 Å². The Bertz CT molecular complexity index is 220. The van der Waals surface area contributed by atoms with E-state index in [1.54, 1.807) is 0 Å². The molecule has 1 unspecified atom stereocenters. The van der Waals surface area contributed by atoms with Crippen LogP contribution in [0.25, 0.3) is 0 Å². The predicted octanol–water partition coefficient (Wildman–Crippen LogP) is -2.69. The molecule has 0 amide bonds. The van der Waals surface area contributed by atoms with Crippen LogP contribution in [0, 0.1) is 0 Å². The summed E-state index contributed by atoms with van der Waals surface area (Å²) in [5, 5.41) is 26.5. The zero-order valence-corrected chi connectivity index (χ0v) is 8.93. The van der Waals surface area contributed by atoms with Gasteiger partial charge in [0.1, 0.15) is 6.10 Å². The summed E-state index contributed by atoms with van der Waals surface area (Å²) in [5.74, 6) is -2.72. The predicted molar refractivity (Wildman–Crippen MR) is 56.3 cm³/mol. The fraction of sp³-hybridized carbons (Fsp3) is 0.667. The van der Waals surface area contributed by atoms with Crippen molar-refractivity contribution >= 4 is 5.78 Å². The standard InChI is InChI=1S/C7H11NO2.C2H7NO3/c1-2-6(9)7-5-8-3-4-10-7;3-1-2(4,5)6/h2,7-8H,1,3-5H2;4-6H,1,3H2. The molecule has 0 aliphatic carbocycles. The molecule has 0 aromatic carbocycles. The van der Waals surface area contributed by atoms with E-state index in [1.807, 2.05) is 0 Å². The summed E-state index contributed by atoms with van der Waals surface area (Å²) in [6.07, 6.45) is 1.00. The van der Waals surface area contributed by atoms with E-state index >= 15 is 0 Å². The Morgan fingerprint density at radius 3 is 2.50 bits per heavy atom. The highest BCUT2D eigenvalue weighted by molar-refractivity contribution is 5.93. The maximum absolute atomic E-state index is 10.9. The van der Waals surface area contributed by atoms with Crippen molar-refractivity contribution in [2.45, 2.75) is 12.1 Å². The number of carbonyl (C=O) groups excluding carboxylic acids is 1. The molecule has 16 heavy (non-hydrogen) atoms. The number of morpholine rings is 1. The molecule has 1 saturated heterocycles. The largest absolute Gasteiger partial charge is 0.367 e. The molecule has 6 N–H and O–H groups in total. The van der Waals surface area contributed by atoms with Gasteiger partial charge in [0.05, 0.1) is 13.2 Å². The summed E-state index contributed by atoms with van der Waals surface area (Å²) in [7, 11) is 0. The first-order valence-electron chi connectivity index (χ1n) is 4.76. The summed E-state index contributed by atoms with van der Waals surface area (Å²) in [6.45, 7) is 4.88. The maximum Gasteiger partial charge on any atom is 0.288 e. The van der Waals surface area contributed by atoms with Gasteiger partial charge < -0.3 is 31.1 Å². The molecule has 0 bridgehead atoms. The molecule has 0 radical (unpaired) electrons. The zero-order valence-electron chi connectivity index (χ0n) is 8.93. The Hall–Kier alpha value is -0.830. The van der Waals surface area contributed by atoms with Crippen molar-refractivity contribution in [3.05, 3.63) is 12.7 Å². The van der Waals surface area contributed by atoms with Gasteiger partial charge in [0.15, 0.2) is 5.78 Å². The van der Waals surface area contributed by atoms with Crippen molar-refractivity contribution < 1.29 is 24.9 Å². The van der Waals surface area contributed by atoms with Gasteiger partial charge in [0.25, 0.3) is 5.97 Å². The second-order valence-corrected chi connectivity index (χ2v) is 3.15. The summed E-state index contributed by atoms with van der Waals surface area (Å²) in [4.78, 5) is 10.9. The third kappa shape index (κ3) is 7.46. The van der Waals surface area contributed by atoms with Crippen LogP contribution in [0.15, 0.2) is 12.7 Å². The van der Waals surface area contributed by atoms with Crippen LogP contribution in [0.1, 0.15) is 0 Å². The van der Waals surface area contributed by atoms with E-state index in [0.29, 0.717) is 13.2 Å². The quantitative estimate of drug-likeness (QED) is 0.266. The van der Waals surface area contributed by atoms with Crippen LogP contribution < -0.4 is 11.1 Å². The molecule has 0 aromatic heterocycles. The van der Waals surface area contributed by atoms with Gasteiger partial charge in [-0.3, -0.25) is 4.79 Å². The lowest BCUT2D eigenvalue weighted by Crippen LogP contribution is -2.42. The van der Waals surface area contributed by atoms with Crippen LogP contribution in [-0.2, 0) is 9.53 Å². The molecule has 7 heteroatoms. The van der Waals surface area contributed by atoms with Crippen LogP contribution in [0.5, 0.6) is 0 Å². The lowest BCUT2D eigenvalue weighted by molar-refractivity contribution is -0.302. The Morgan fingerprint density at radius 1 is 1.62 bits per heavy atom. The van der Waals surface area contributed by atoms with E-state index in [9.17, 15) is 4.79 Å². The molecule has 1 rings (SSSR count). The van der Waals surface area contributed by atoms with Gasteiger partial charge in [-0.25, -0.2) is 0 Å². The summed E-state index contributed by atoms with van der Waals surface area (Å²) in [6, 6.07) is 0. The van der Waals surface area contributed by atoms with Crippen LogP contribution in [-0.4, -0.2) is 59.4 Å². The summed E-state index contributed by atoms with van der Waals surface area (Å²) < 4.78 is 5.15. The first kappa shape index (κ1) is 15.2. The minimum absolute atomic E-state index is 0.0350. The van der Waals surface area contributed by atoms with E-state index in [2.05, 4.69) is 17.6 Å². The number of ketones is 1. The molecule has 94 valence electrons. The Kier molecular flexibility index (Phi) is 7.06. The molecule has 0 aromatic rings. The van der Waals surface area contributed by atoms with Crippen LogP contribution in [0.4, 0.5) is 0 Å². The monoisotopic (exact) mass is 234 g/mol. The van der Waals surface area contributed by atoms with Gasteiger partial charge >= 0.3 is 0 Å². The summed E-state index contributed by atoms with van der Waals surface area (Å²) >= 11 is 0. The number of hydrogen-bond donors (Lipinski definition) is 5. The van der Waals surface area contributed by atoms with Gasteiger partial charge in [0, 0.05) is 13.1 Å². The third-order valence-electron chi connectivity index (χ3n) is 1.72. The Morgan fingerprint density at radius 2 is 2.19 bits per heavy atom. The van der Waals surface area contributed by atoms with Crippen molar-refractivity contribution in [1.82, 2.24) is 5.32 Å². The molecule has 1 atom stereocenters. The maximum atomic E-state index is 10.9. The molecule has 7 nitrogen and oxygen atoms in total. The van der Waals surface area contributed by atoms with Crippen molar-refractivity contribution in [1.29, 1.82) is 0 Å². The minimum Gasteiger partial charge on any atom is -0.367 e. The number of ether oxygens (including phenoxy) is 1. The Labute approximate surface area is 93.5 Å². The van der Waals surface area contributed by atoms with E-state index < -0.39 is 12.5 Å². The normalized spacial score (nSPS) is 20.6. The topological polar surface area (TPSA) is 125 Å². The smallest absolute Gasteiger partial charge is 0.288 e. The lowest BCUT2D eigenvalue weighted by Gasteiger charge is -2.20. The number of rotatable bonds is 3. The molecular weight excluding hydrogens is 216 g/mol. The first-order chi connectivity index (χ1) is 7.40. The van der Waals surface area contributed by atoms with Crippen LogP contribution >= 0.6 is 0 Å². The molecular formula is C9H18N2O5. The van der Waals surface area contributed by atoms with Gasteiger partial charge in [-0.05, 0) is 6.08 Å². The van der Waals surface area contributed by atoms with E-state index in [4.69, 9.17) is 20.1 Å². The number of nitrogens with one attached hydrogen (secondary N) is 1. The molecule has 1 aliphatic rings. The second-order valence-electron chi connectivity index (χ2n) is 3.15. The van der Waals surface area contributed by atoms with Crippen molar-refractivity contribution in [2.24, 2.45) is 5.73 Å². The van der Waals surface area contributed by atoms with E-state index in [1.165, 1.54) is 6.08 Å². The fourth-order valence-electron chi connectivity index (χ4n) is 0.880. The van der Waals surface area contributed by atoms with E-state index in [-0.39, 0.29) is 11.9 Å². The molecule has 1 fully saturated rings. The van der Waals surface area contributed by atoms with Gasteiger partial charge in [-0.2, -0.15) is 0 Å². The molecule has 1 aliphatic heterocycles. The highest BCUT2D eigenvalue weighted by Crippen LogP contribution is 1.97. The highest BCUT2D eigenvalue weighted by atomic mass is 16.7. The van der Waals surface area contributed by atoms with Crippen molar-refractivity contribution in [3.8, 4) is 0 Å². The summed E-state index contributed by atoms with van der Waals surface area (Å²) in [5.41, 5.74) is 4.56. The lowest BCUT2D eigenvalue weighted by atomic mass is 10.2. The van der Waals surface area contributed by atoms with Crippen LogP contribution in [0.3, 0.4) is 0 Å². The number of carbonyl (C=O) groups is 1. The fourth-order valence-corrected chi connectivity index (χ4v) is 0.880. The van der Waals surface area contributed by atoms with Gasteiger partial charge in [-0.1, -0.05) is 6.58 Å². The number of aliphatic hydroxyl groups is 3. The second kappa shape index (κ2) is 7.44. The number of nitrogens with two attached hydrogens (primary N) is 1. The Balaban J connectivity index is 0.000000325. The minimum atomic E-state index is -2.68.